The summed E-state index contributed by atoms with van der Waals surface area (Å²) in [5.74, 6) is 0.237. The number of nitrogens with one attached hydrogen (secondary N) is 1. The molecule has 3 nitrogen and oxygen atoms in total. The maximum atomic E-state index is 14.3. The molecule has 112 valence electrons. The summed E-state index contributed by atoms with van der Waals surface area (Å²) < 4.78 is 19.9. The van der Waals surface area contributed by atoms with Gasteiger partial charge in [0.25, 0.3) is 5.88 Å². The number of aromatic nitrogens is 1. The van der Waals surface area contributed by atoms with Crippen LogP contribution < -0.4 is 10.1 Å². The minimum atomic E-state index is -0.400. The lowest BCUT2D eigenvalue weighted by Crippen LogP contribution is -2.15. The molecule has 0 fully saturated rings. The quantitative estimate of drug-likeness (QED) is 0.780. The first-order valence-electron chi connectivity index (χ1n) is 7.35. The lowest BCUT2D eigenvalue weighted by molar-refractivity contribution is 0.417. The zero-order valence-corrected chi connectivity index (χ0v) is 12.5. The summed E-state index contributed by atoms with van der Waals surface area (Å²) in [5, 5.41) is 3.18. The Morgan fingerprint density at radius 3 is 2.86 bits per heavy atom. The number of pyridine rings is 1. The van der Waals surface area contributed by atoms with Crippen molar-refractivity contribution in [1.29, 1.82) is 0 Å². The predicted octanol–water partition coefficient (Wildman–Crippen LogP) is 4.08. The summed E-state index contributed by atoms with van der Waals surface area (Å²) in [6.45, 7) is 5.48. The zero-order chi connectivity index (χ0) is 15.1. The van der Waals surface area contributed by atoms with Crippen LogP contribution in [0.1, 0.15) is 31.4 Å². The van der Waals surface area contributed by atoms with E-state index in [1.54, 1.807) is 12.3 Å². The molecule has 0 amide bonds. The van der Waals surface area contributed by atoms with E-state index in [9.17, 15) is 4.39 Å². The van der Waals surface area contributed by atoms with Crippen LogP contribution in [-0.4, -0.2) is 11.5 Å². The monoisotopic (exact) mass is 288 g/mol. The number of nitrogens with zero attached hydrogens (tertiary/aromatic N) is 1. The Bertz CT molecular complexity index is 587. The van der Waals surface area contributed by atoms with Crippen LogP contribution in [0.25, 0.3) is 0 Å². The first-order chi connectivity index (χ1) is 10.2. The van der Waals surface area contributed by atoms with Gasteiger partial charge in [0, 0.05) is 18.3 Å². The van der Waals surface area contributed by atoms with E-state index in [4.69, 9.17) is 4.74 Å². The average molecular weight is 288 g/mol. The molecule has 0 aliphatic heterocycles. The van der Waals surface area contributed by atoms with Gasteiger partial charge in [0.15, 0.2) is 5.82 Å². The number of aryl methyl sites for hydroxylation is 1. The van der Waals surface area contributed by atoms with Crippen molar-refractivity contribution in [2.75, 3.05) is 6.54 Å². The van der Waals surface area contributed by atoms with E-state index in [1.807, 2.05) is 24.3 Å². The third kappa shape index (κ3) is 4.26. The summed E-state index contributed by atoms with van der Waals surface area (Å²) in [6.07, 6.45) is 3.50. The van der Waals surface area contributed by atoms with Crippen LogP contribution >= 0.6 is 0 Å². The highest BCUT2D eigenvalue weighted by atomic mass is 19.1. The van der Waals surface area contributed by atoms with Crippen LogP contribution in [0.2, 0.25) is 0 Å². The van der Waals surface area contributed by atoms with Crippen molar-refractivity contribution in [1.82, 2.24) is 10.3 Å². The molecule has 0 aliphatic rings. The lowest BCUT2D eigenvalue weighted by Gasteiger charge is -2.10. The lowest BCUT2D eigenvalue weighted by atomic mass is 10.2. The maximum absolute atomic E-state index is 14.3. The Morgan fingerprint density at radius 2 is 2.10 bits per heavy atom. The number of ether oxygens (including phenoxy) is 1. The normalized spacial score (nSPS) is 10.6. The summed E-state index contributed by atoms with van der Waals surface area (Å²) in [6, 6.07) is 9.30. The van der Waals surface area contributed by atoms with Gasteiger partial charge in [0.1, 0.15) is 5.75 Å². The van der Waals surface area contributed by atoms with Gasteiger partial charge in [-0.1, -0.05) is 26.0 Å². The van der Waals surface area contributed by atoms with Crippen LogP contribution in [-0.2, 0) is 13.0 Å². The third-order valence-electron chi connectivity index (χ3n) is 3.20. The Kier molecular flexibility index (Phi) is 5.69. The fraction of sp³-hybridized carbons (Fsp3) is 0.353. The van der Waals surface area contributed by atoms with Crippen molar-refractivity contribution in [2.45, 2.75) is 33.2 Å². The standard InChI is InChI=1S/C17H21FN2O/c1-3-9-19-12-14-8-10-20-17(16(14)18)21-15-7-5-6-13(4-2)11-15/h5-8,10-11,19H,3-4,9,12H2,1-2H3. The van der Waals surface area contributed by atoms with E-state index in [-0.39, 0.29) is 5.88 Å². The van der Waals surface area contributed by atoms with Crippen molar-refractivity contribution < 1.29 is 9.13 Å². The Balaban J connectivity index is 2.14. The van der Waals surface area contributed by atoms with Gasteiger partial charge in [-0.15, -0.1) is 0 Å². The van der Waals surface area contributed by atoms with Gasteiger partial charge in [-0.25, -0.2) is 9.37 Å². The largest absolute Gasteiger partial charge is 0.436 e. The topological polar surface area (TPSA) is 34.2 Å². The van der Waals surface area contributed by atoms with Gasteiger partial charge in [-0.2, -0.15) is 0 Å². The van der Waals surface area contributed by atoms with Crippen molar-refractivity contribution in [3.8, 4) is 11.6 Å². The molecule has 2 rings (SSSR count). The Morgan fingerprint density at radius 1 is 1.24 bits per heavy atom. The van der Waals surface area contributed by atoms with Gasteiger partial charge in [-0.05, 0) is 43.1 Å². The Hall–Kier alpha value is -1.94. The summed E-state index contributed by atoms with van der Waals surface area (Å²) in [7, 11) is 0. The molecule has 1 aromatic carbocycles. The number of benzene rings is 1. The number of hydrogen-bond acceptors (Lipinski definition) is 3. The minimum Gasteiger partial charge on any atom is -0.436 e. The number of rotatable bonds is 7. The van der Waals surface area contributed by atoms with Crippen molar-refractivity contribution in [2.24, 2.45) is 0 Å². The van der Waals surface area contributed by atoms with Gasteiger partial charge in [0.2, 0.25) is 0 Å². The SMILES string of the molecule is CCCNCc1ccnc(Oc2cccc(CC)c2)c1F. The first kappa shape index (κ1) is 15.4. The van der Waals surface area contributed by atoms with Crippen LogP contribution in [0.15, 0.2) is 36.5 Å². The molecular formula is C17H21FN2O. The van der Waals surface area contributed by atoms with Crippen LogP contribution in [0.5, 0.6) is 11.6 Å². The molecule has 1 heterocycles. The van der Waals surface area contributed by atoms with Crippen LogP contribution in [0.3, 0.4) is 0 Å². The highest BCUT2D eigenvalue weighted by molar-refractivity contribution is 5.33. The average Bonchev–Trinajstić information content (AvgIpc) is 2.51. The van der Waals surface area contributed by atoms with E-state index >= 15 is 0 Å². The maximum Gasteiger partial charge on any atom is 0.256 e. The van der Waals surface area contributed by atoms with Gasteiger partial charge in [0.05, 0.1) is 0 Å². The molecule has 0 unspecified atom stereocenters. The van der Waals surface area contributed by atoms with E-state index in [2.05, 4.69) is 24.1 Å². The molecule has 1 N–H and O–H groups in total. The number of halogens is 1. The summed E-state index contributed by atoms with van der Waals surface area (Å²) in [5.41, 5.74) is 1.72. The molecule has 0 saturated heterocycles. The fourth-order valence-electron chi connectivity index (χ4n) is 2.01. The second-order valence-electron chi connectivity index (χ2n) is 4.87. The second-order valence-corrected chi connectivity index (χ2v) is 4.87. The molecular weight excluding hydrogens is 267 g/mol. The summed E-state index contributed by atoms with van der Waals surface area (Å²) >= 11 is 0. The summed E-state index contributed by atoms with van der Waals surface area (Å²) in [4.78, 5) is 3.99. The smallest absolute Gasteiger partial charge is 0.256 e. The van der Waals surface area contributed by atoms with Crippen molar-refractivity contribution >= 4 is 0 Å². The van der Waals surface area contributed by atoms with Crippen molar-refractivity contribution in [3.63, 3.8) is 0 Å². The molecule has 2 aromatic rings. The van der Waals surface area contributed by atoms with Crippen LogP contribution in [0.4, 0.5) is 4.39 Å². The molecule has 21 heavy (non-hydrogen) atoms. The zero-order valence-electron chi connectivity index (χ0n) is 12.5. The molecule has 1 aromatic heterocycles. The van der Waals surface area contributed by atoms with Gasteiger partial charge >= 0.3 is 0 Å². The molecule has 0 aliphatic carbocycles. The van der Waals surface area contributed by atoms with Gasteiger partial charge < -0.3 is 10.1 Å². The molecule has 0 bridgehead atoms. The van der Waals surface area contributed by atoms with E-state index in [1.165, 1.54) is 0 Å². The first-order valence-corrected chi connectivity index (χ1v) is 7.35. The van der Waals surface area contributed by atoms with Crippen molar-refractivity contribution in [3.05, 3.63) is 53.5 Å². The highest BCUT2D eigenvalue weighted by Gasteiger charge is 2.11. The highest BCUT2D eigenvalue weighted by Crippen LogP contribution is 2.24. The van der Waals surface area contributed by atoms with E-state index in [0.717, 1.165) is 24.9 Å². The second kappa shape index (κ2) is 7.74. The van der Waals surface area contributed by atoms with Gasteiger partial charge in [-0.3, -0.25) is 0 Å². The van der Waals surface area contributed by atoms with E-state index in [0.29, 0.717) is 17.9 Å². The minimum absolute atomic E-state index is 0.0269. The fourth-order valence-corrected chi connectivity index (χ4v) is 2.01. The predicted molar refractivity (Wildman–Crippen MR) is 82.1 cm³/mol. The third-order valence-corrected chi connectivity index (χ3v) is 3.20. The van der Waals surface area contributed by atoms with E-state index < -0.39 is 5.82 Å². The Labute approximate surface area is 125 Å². The number of hydrogen-bond donors (Lipinski definition) is 1. The molecule has 0 atom stereocenters. The molecule has 0 spiro atoms. The molecule has 4 heteroatoms. The molecule has 0 saturated carbocycles. The van der Waals surface area contributed by atoms with Crippen LogP contribution in [0, 0.1) is 5.82 Å². The molecule has 0 radical (unpaired) electrons.